The fourth-order valence-electron chi connectivity index (χ4n) is 4.39. The minimum Gasteiger partial charge on any atom is -0.375 e. The van der Waals surface area contributed by atoms with Crippen LogP contribution in [0.4, 0.5) is 0 Å². The average molecular weight is 356 g/mol. The Hall–Kier alpha value is -1.72. The number of pyridine rings is 1. The molecule has 2 aliphatic heterocycles. The summed E-state index contributed by atoms with van der Waals surface area (Å²) in [5.74, 6) is 0.272. The van der Waals surface area contributed by atoms with Crippen molar-refractivity contribution in [2.24, 2.45) is 5.41 Å². The molecule has 1 aromatic rings. The van der Waals surface area contributed by atoms with Crippen LogP contribution in [0.1, 0.15) is 44.1 Å². The summed E-state index contributed by atoms with van der Waals surface area (Å²) in [7, 11) is 0. The van der Waals surface area contributed by atoms with Crippen molar-refractivity contribution in [3.8, 4) is 0 Å². The first-order valence-electron chi connectivity index (χ1n) is 9.81. The van der Waals surface area contributed by atoms with Gasteiger partial charge in [-0.3, -0.25) is 9.78 Å². The number of hydrogen-bond acceptors (Lipinski definition) is 4. The number of rotatable bonds is 5. The highest BCUT2D eigenvalue weighted by atomic mass is 16.5. The van der Waals surface area contributed by atoms with Crippen molar-refractivity contribution in [3.63, 3.8) is 0 Å². The highest BCUT2D eigenvalue weighted by Crippen LogP contribution is 2.42. The van der Waals surface area contributed by atoms with Crippen LogP contribution in [0.2, 0.25) is 0 Å². The summed E-state index contributed by atoms with van der Waals surface area (Å²) < 4.78 is 11.9. The van der Waals surface area contributed by atoms with Crippen LogP contribution >= 0.6 is 0 Å². The van der Waals surface area contributed by atoms with Crippen molar-refractivity contribution in [3.05, 3.63) is 41.7 Å². The first kappa shape index (κ1) is 17.7. The van der Waals surface area contributed by atoms with Crippen LogP contribution in [0, 0.1) is 5.41 Å². The van der Waals surface area contributed by atoms with Crippen molar-refractivity contribution in [2.45, 2.75) is 51.2 Å². The van der Waals surface area contributed by atoms with E-state index in [2.05, 4.69) is 16.0 Å². The molecule has 5 nitrogen and oxygen atoms in total. The molecule has 4 rings (SSSR count). The number of piperidine rings is 1. The van der Waals surface area contributed by atoms with Gasteiger partial charge in [0.2, 0.25) is 5.91 Å². The van der Waals surface area contributed by atoms with E-state index in [1.165, 1.54) is 0 Å². The molecule has 140 valence electrons. The average Bonchev–Trinajstić information content (AvgIpc) is 3.34. The van der Waals surface area contributed by atoms with Crippen LogP contribution < -0.4 is 0 Å². The number of nitrogens with zero attached hydrogens (tertiary/aromatic N) is 2. The molecule has 3 heterocycles. The lowest BCUT2D eigenvalue weighted by Crippen LogP contribution is -2.44. The zero-order chi connectivity index (χ0) is 17.8. The molecular formula is C21H28N2O3. The van der Waals surface area contributed by atoms with E-state index in [4.69, 9.17) is 9.47 Å². The van der Waals surface area contributed by atoms with E-state index in [1.807, 2.05) is 12.1 Å². The number of hydrogen-bond donors (Lipinski definition) is 0. The highest BCUT2D eigenvalue weighted by Gasteiger charge is 2.43. The molecule has 5 heteroatoms. The first-order valence-corrected chi connectivity index (χ1v) is 9.81. The normalized spacial score (nSPS) is 24.8. The number of carbonyl (C=O) groups excluding carboxylic acids is 1. The molecule has 3 aliphatic rings. The first-order chi connectivity index (χ1) is 12.7. The van der Waals surface area contributed by atoms with Crippen LogP contribution in [0.5, 0.6) is 0 Å². The second-order valence-electron chi connectivity index (χ2n) is 7.92. The van der Waals surface area contributed by atoms with Crippen LogP contribution in [-0.4, -0.2) is 48.2 Å². The summed E-state index contributed by atoms with van der Waals surface area (Å²) in [4.78, 5) is 18.6. The number of amides is 1. The van der Waals surface area contributed by atoms with E-state index >= 15 is 0 Å². The molecule has 1 aromatic heterocycles. The van der Waals surface area contributed by atoms with Gasteiger partial charge in [-0.2, -0.15) is 0 Å². The lowest BCUT2D eigenvalue weighted by atomic mass is 9.76. The quantitative estimate of drug-likeness (QED) is 0.813. The Kier molecular flexibility index (Phi) is 5.36. The molecule has 2 fully saturated rings. The number of ether oxygens (including phenoxy) is 2. The minimum absolute atomic E-state index is 0.177. The highest BCUT2D eigenvalue weighted by molar-refractivity contribution is 5.93. The minimum atomic E-state index is 0.177. The molecule has 0 radical (unpaired) electrons. The molecule has 0 saturated carbocycles. The fourth-order valence-corrected chi connectivity index (χ4v) is 4.39. The van der Waals surface area contributed by atoms with E-state index in [9.17, 15) is 4.79 Å². The molecule has 0 N–H and O–H groups in total. The third-order valence-electron chi connectivity index (χ3n) is 6.03. The van der Waals surface area contributed by atoms with Crippen LogP contribution in [-0.2, 0) is 20.9 Å². The van der Waals surface area contributed by atoms with Gasteiger partial charge in [-0.05, 0) is 61.6 Å². The Morgan fingerprint density at radius 1 is 1.31 bits per heavy atom. The van der Waals surface area contributed by atoms with Crippen molar-refractivity contribution in [1.82, 2.24) is 9.88 Å². The predicted octanol–water partition coefficient (Wildman–Crippen LogP) is 3.11. The monoisotopic (exact) mass is 356 g/mol. The van der Waals surface area contributed by atoms with E-state index < -0.39 is 0 Å². The summed E-state index contributed by atoms with van der Waals surface area (Å²) in [5.41, 5.74) is 2.41. The Morgan fingerprint density at radius 2 is 2.12 bits per heavy atom. The SMILES string of the molecule is O=C(C1=CCCC1)N1CCC2(CC1)CO[C@H](COCc1ccncc1)C2. The molecule has 1 amide bonds. The number of aromatic nitrogens is 1. The van der Waals surface area contributed by atoms with Gasteiger partial charge in [0.25, 0.3) is 0 Å². The van der Waals surface area contributed by atoms with Crippen LogP contribution in [0.25, 0.3) is 0 Å². The Bertz CT molecular complexity index is 650. The van der Waals surface area contributed by atoms with Crippen molar-refractivity contribution < 1.29 is 14.3 Å². The number of likely N-dealkylation sites (tertiary alicyclic amines) is 1. The van der Waals surface area contributed by atoms with Gasteiger partial charge in [-0.25, -0.2) is 0 Å². The maximum atomic E-state index is 12.5. The maximum absolute atomic E-state index is 12.5. The van der Waals surface area contributed by atoms with Crippen LogP contribution in [0.15, 0.2) is 36.2 Å². The topological polar surface area (TPSA) is 51.7 Å². The van der Waals surface area contributed by atoms with E-state index in [0.29, 0.717) is 13.2 Å². The van der Waals surface area contributed by atoms with Gasteiger partial charge in [0.15, 0.2) is 0 Å². The summed E-state index contributed by atoms with van der Waals surface area (Å²) in [5, 5.41) is 0. The summed E-state index contributed by atoms with van der Waals surface area (Å²) in [6.45, 7) is 3.78. The Morgan fingerprint density at radius 3 is 2.85 bits per heavy atom. The molecule has 0 bridgehead atoms. The molecule has 0 aromatic carbocycles. The molecule has 26 heavy (non-hydrogen) atoms. The van der Waals surface area contributed by atoms with Gasteiger partial charge in [-0.15, -0.1) is 0 Å². The maximum Gasteiger partial charge on any atom is 0.249 e. The van der Waals surface area contributed by atoms with Gasteiger partial charge < -0.3 is 14.4 Å². The van der Waals surface area contributed by atoms with Crippen molar-refractivity contribution in [1.29, 1.82) is 0 Å². The van der Waals surface area contributed by atoms with Gasteiger partial charge >= 0.3 is 0 Å². The van der Waals surface area contributed by atoms with E-state index in [-0.39, 0.29) is 17.4 Å². The zero-order valence-corrected chi connectivity index (χ0v) is 15.4. The lowest BCUT2D eigenvalue weighted by Gasteiger charge is -2.38. The third-order valence-corrected chi connectivity index (χ3v) is 6.03. The van der Waals surface area contributed by atoms with Crippen molar-refractivity contribution >= 4 is 5.91 Å². The lowest BCUT2D eigenvalue weighted by molar-refractivity contribution is -0.129. The van der Waals surface area contributed by atoms with Crippen LogP contribution in [0.3, 0.4) is 0 Å². The molecule has 1 spiro atoms. The Labute approximate surface area is 155 Å². The Balaban J connectivity index is 1.22. The fraction of sp³-hybridized carbons (Fsp3) is 0.619. The molecule has 1 aliphatic carbocycles. The molecule has 0 unspecified atom stereocenters. The third kappa shape index (κ3) is 3.99. The number of allylic oxidation sites excluding steroid dienone is 1. The zero-order valence-electron chi connectivity index (χ0n) is 15.4. The van der Waals surface area contributed by atoms with Gasteiger partial charge in [0.1, 0.15) is 0 Å². The smallest absolute Gasteiger partial charge is 0.249 e. The molecule has 2 saturated heterocycles. The van der Waals surface area contributed by atoms with Gasteiger partial charge in [0, 0.05) is 31.1 Å². The largest absolute Gasteiger partial charge is 0.375 e. The van der Waals surface area contributed by atoms with E-state index in [1.54, 1.807) is 12.4 Å². The molecular weight excluding hydrogens is 328 g/mol. The van der Waals surface area contributed by atoms with Gasteiger partial charge in [-0.1, -0.05) is 6.08 Å². The van der Waals surface area contributed by atoms with Gasteiger partial charge in [0.05, 0.1) is 25.9 Å². The second kappa shape index (κ2) is 7.89. The summed E-state index contributed by atoms with van der Waals surface area (Å²) in [6, 6.07) is 3.95. The van der Waals surface area contributed by atoms with E-state index in [0.717, 1.165) is 69.4 Å². The van der Waals surface area contributed by atoms with Crippen molar-refractivity contribution in [2.75, 3.05) is 26.3 Å². The second-order valence-corrected chi connectivity index (χ2v) is 7.92. The summed E-state index contributed by atoms with van der Waals surface area (Å²) in [6.07, 6.45) is 12.2. The molecule has 1 atom stereocenters. The number of carbonyl (C=O) groups is 1. The predicted molar refractivity (Wildman–Crippen MR) is 98.4 cm³/mol. The standard InChI is InChI=1S/C21H28N2O3/c24-20(18-3-1-2-4-18)23-11-7-21(8-12-23)13-19(26-16-21)15-25-14-17-5-9-22-10-6-17/h3,5-6,9-10,19H,1-2,4,7-8,11-16H2/t19-/m0/s1. The summed E-state index contributed by atoms with van der Waals surface area (Å²) >= 11 is 0.